The Balaban J connectivity index is 1.29. The minimum Gasteiger partial charge on any atom is -0.311 e. The molecule has 0 N–H and O–H groups in total. The Hall–Kier alpha value is -5.34. The van der Waals surface area contributed by atoms with Gasteiger partial charge in [-0.2, -0.15) is 0 Å². The summed E-state index contributed by atoms with van der Waals surface area (Å²) < 4.78 is 0. The Kier molecular flexibility index (Phi) is 8.03. The van der Waals surface area contributed by atoms with E-state index in [1.54, 1.807) is 0 Å². The number of hydrogen-bond acceptors (Lipinski definition) is 2. The zero-order valence-corrected chi connectivity index (χ0v) is 26.9. The Morgan fingerprint density at radius 2 is 0.870 bits per heavy atom. The van der Waals surface area contributed by atoms with Crippen LogP contribution in [-0.4, -0.2) is 0 Å². The molecule has 0 radical (unpaired) electrons. The van der Waals surface area contributed by atoms with Crippen molar-refractivity contribution in [2.24, 2.45) is 5.41 Å². The summed E-state index contributed by atoms with van der Waals surface area (Å²) in [6.07, 6.45) is 2.25. The lowest BCUT2D eigenvalue weighted by atomic mass is 9.89. The predicted molar refractivity (Wildman–Crippen MR) is 199 cm³/mol. The zero-order valence-electron chi connectivity index (χ0n) is 26.9. The number of benzene rings is 7. The van der Waals surface area contributed by atoms with E-state index in [1.807, 2.05) is 0 Å². The second-order valence-electron chi connectivity index (χ2n) is 13.3. The summed E-state index contributed by atoms with van der Waals surface area (Å²) in [6.45, 7) is 6.93. The van der Waals surface area contributed by atoms with E-state index in [4.69, 9.17) is 0 Å². The largest absolute Gasteiger partial charge is 0.311 e. The molecular formula is C44H40N2. The fourth-order valence-electron chi connectivity index (χ4n) is 6.26. The molecule has 0 spiro atoms. The molecule has 0 bridgehead atoms. The first-order valence-electron chi connectivity index (χ1n) is 16.2. The van der Waals surface area contributed by atoms with Gasteiger partial charge in [0.15, 0.2) is 0 Å². The van der Waals surface area contributed by atoms with Crippen LogP contribution in [0.1, 0.15) is 32.8 Å². The van der Waals surface area contributed by atoms with Crippen LogP contribution in [0.3, 0.4) is 0 Å². The van der Waals surface area contributed by atoms with Crippen LogP contribution in [-0.2, 0) is 6.42 Å². The first-order chi connectivity index (χ1) is 22.4. The maximum absolute atomic E-state index is 2.37. The van der Waals surface area contributed by atoms with E-state index in [0.717, 1.165) is 40.5 Å². The Morgan fingerprint density at radius 1 is 0.413 bits per heavy atom. The fraction of sp³-hybridized carbons (Fsp3) is 0.136. The van der Waals surface area contributed by atoms with Crippen LogP contribution in [0.25, 0.3) is 21.5 Å². The van der Waals surface area contributed by atoms with Crippen LogP contribution in [0.4, 0.5) is 34.1 Å². The van der Waals surface area contributed by atoms with Crippen molar-refractivity contribution in [3.8, 4) is 0 Å². The molecule has 0 aliphatic heterocycles. The van der Waals surface area contributed by atoms with Crippen molar-refractivity contribution in [2.45, 2.75) is 33.6 Å². The van der Waals surface area contributed by atoms with Crippen LogP contribution < -0.4 is 9.80 Å². The number of fused-ring (bicyclic) bond motifs is 2. The Morgan fingerprint density at radius 3 is 1.46 bits per heavy atom. The molecule has 7 rings (SSSR count). The van der Waals surface area contributed by atoms with Crippen LogP contribution >= 0.6 is 0 Å². The summed E-state index contributed by atoms with van der Waals surface area (Å²) >= 11 is 0. The molecule has 2 nitrogen and oxygen atoms in total. The molecule has 0 aliphatic rings. The van der Waals surface area contributed by atoms with Gasteiger partial charge in [-0.1, -0.05) is 106 Å². The minimum absolute atomic E-state index is 0.323. The summed E-state index contributed by atoms with van der Waals surface area (Å²) in [5.74, 6) is 0. The van der Waals surface area contributed by atoms with Gasteiger partial charge >= 0.3 is 0 Å². The van der Waals surface area contributed by atoms with Crippen molar-refractivity contribution in [1.29, 1.82) is 0 Å². The van der Waals surface area contributed by atoms with Crippen molar-refractivity contribution in [2.75, 3.05) is 9.80 Å². The summed E-state index contributed by atoms with van der Waals surface area (Å²) in [7, 11) is 0. The lowest BCUT2D eigenvalue weighted by Gasteiger charge is -2.29. The molecule has 0 aliphatic carbocycles. The highest BCUT2D eigenvalue weighted by Crippen LogP contribution is 2.42. The lowest BCUT2D eigenvalue weighted by Crippen LogP contribution is -2.12. The minimum atomic E-state index is 0.323. The van der Waals surface area contributed by atoms with Crippen molar-refractivity contribution in [1.82, 2.24) is 0 Å². The van der Waals surface area contributed by atoms with E-state index in [-0.39, 0.29) is 0 Å². The Labute approximate surface area is 273 Å². The molecule has 7 aromatic carbocycles. The maximum atomic E-state index is 2.37. The second kappa shape index (κ2) is 12.6. The molecule has 46 heavy (non-hydrogen) atoms. The molecule has 0 saturated carbocycles. The first-order valence-corrected chi connectivity index (χ1v) is 16.2. The lowest BCUT2D eigenvalue weighted by molar-refractivity contribution is 0.378. The molecule has 0 atom stereocenters. The molecular weight excluding hydrogens is 556 g/mol. The van der Waals surface area contributed by atoms with Gasteiger partial charge in [0.2, 0.25) is 0 Å². The number of rotatable bonds is 8. The summed E-state index contributed by atoms with van der Waals surface area (Å²) in [5.41, 5.74) is 8.51. The first kappa shape index (κ1) is 29.4. The third-order valence-electron chi connectivity index (χ3n) is 8.72. The van der Waals surface area contributed by atoms with Gasteiger partial charge in [0.25, 0.3) is 0 Å². The topological polar surface area (TPSA) is 6.48 Å². The number of hydrogen-bond donors (Lipinski definition) is 0. The summed E-state index contributed by atoms with van der Waals surface area (Å²) in [6, 6.07) is 59.2. The van der Waals surface area contributed by atoms with Crippen molar-refractivity contribution < 1.29 is 0 Å². The van der Waals surface area contributed by atoms with Gasteiger partial charge in [0, 0.05) is 33.8 Å². The summed E-state index contributed by atoms with van der Waals surface area (Å²) in [5, 5.41) is 4.96. The van der Waals surface area contributed by atoms with Gasteiger partial charge in [0.1, 0.15) is 0 Å². The smallest absolute Gasteiger partial charge is 0.0540 e. The van der Waals surface area contributed by atoms with Crippen molar-refractivity contribution >= 4 is 55.7 Å². The van der Waals surface area contributed by atoms with Crippen molar-refractivity contribution in [3.63, 3.8) is 0 Å². The van der Waals surface area contributed by atoms with Crippen LogP contribution in [0.15, 0.2) is 164 Å². The standard InChI is InChI=1S/C44H40N2/c1-44(2,3)30-29-33-21-23-39(24-22-33)45(37-16-6-4-7-17-37)40-25-27-41(28-26-40)46(38-18-8-5-9-19-38)43-20-12-15-36-31-34-13-10-11-14-35(34)32-42(36)43/h4-28,31-32H,29-30H2,1-3H3. The normalized spacial score (nSPS) is 11.5. The second-order valence-corrected chi connectivity index (χ2v) is 13.3. The predicted octanol–water partition coefficient (Wildman–Crippen LogP) is 12.9. The van der Waals surface area contributed by atoms with E-state index in [0.29, 0.717) is 5.41 Å². The molecule has 0 saturated heterocycles. The van der Waals surface area contributed by atoms with E-state index >= 15 is 0 Å². The molecule has 0 fully saturated rings. The molecule has 0 heterocycles. The highest BCUT2D eigenvalue weighted by Gasteiger charge is 2.18. The number of aryl methyl sites for hydroxylation is 1. The number of nitrogens with zero attached hydrogens (tertiary/aromatic N) is 2. The van der Waals surface area contributed by atoms with Gasteiger partial charge in [0.05, 0.1) is 5.69 Å². The highest BCUT2D eigenvalue weighted by atomic mass is 15.2. The molecule has 0 unspecified atom stereocenters. The average Bonchev–Trinajstić information content (AvgIpc) is 3.09. The molecule has 0 aromatic heterocycles. The fourth-order valence-corrected chi connectivity index (χ4v) is 6.26. The van der Waals surface area contributed by atoms with Crippen LogP contribution in [0, 0.1) is 5.41 Å². The van der Waals surface area contributed by atoms with Crippen LogP contribution in [0.2, 0.25) is 0 Å². The van der Waals surface area contributed by atoms with E-state index in [1.165, 1.54) is 33.5 Å². The SMILES string of the molecule is CC(C)(C)CCc1ccc(N(c2ccccc2)c2ccc(N(c3ccccc3)c3cccc4cc5ccccc5cc34)cc2)cc1. The molecule has 2 heteroatoms. The monoisotopic (exact) mass is 596 g/mol. The Bertz CT molecular complexity index is 2060. The van der Waals surface area contributed by atoms with Gasteiger partial charge in [-0.15, -0.1) is 0 Å². The maximum Gasteiger partial charge on any atom is 0.0540 e. The van der Waals surface area contributed by atoms with Gasteiger partial charge < -0.3 is 9.80 Å². The zero-order chi connectivity index (χ0) is 31.5. The van der Waals surface area contributed by atoms with Gasteiger partial charge in [-0.05, 0) is 119 Å². The summed E-state index contributed by atoms with van der Waals surface area (Å²) in [4.78, 5) is 4.71. The average molecular weight is 597 g/mol. The van der Waals surface area contributed by atoms with E-state index in [2.05, 4.69) is 194 Å². The number of anilines is 6. The van der Waals surface area contributed by atoms with Crippen LogP contribution in [0.5, 0.6) is 0 Å². The van der Waals surface area contributed by atoms with Gasteiger partial charge in [-0.25, -0.2) is 0 Å². The highest BCUT2D eigenvalue weighted by molar-refractivity contribution is 6.06. The van der Waals surface area contributed by atoms with E-state index < -0.39 is 0 Å². The quantitative estimate of drug-likeness (QED) is 0.161. The van der Waals surface area contributed by atoms with Crippen molar-refractivity contribution in [3.05, 3.63) is 169 Å². The molecule has 7 aromatic rings. The van der Waals surface area contributed by atoms with Gasteiger partial charge in [-0.3, -0.25) is 0 Å². The third kappa shape index (κ3) is 6.25. The molecule has 0 amide bonds. The van der Waals surface area contributed by atoms with E-state index in [9.17, 15) is 0 Å². The third-order valence-corrected chi connectivity index (χ3v) is 8.72. The molecule has 226 valence electrons. The number of para-hydroxylation sites is 2.